The molecule has 0 radical (unpaired) electrons. The molecular formula is C18H25N3O4. The lowest BCUT2D eigenvalue weighted by Crippen LogP contribution is -2.45. The second-order valence-electron chi connectivity index (χ2n) is 7.14. The number of hydrogen-bond acceptors (Lipinski definition) is 6. The summed E-state index contributed by atoms with van der Waals surface area (Å²) >= 11 is 0. The molecule has 3 heterocycles. The van der Waals surface area contributed by atoms with Crippen LogP contribution in [0.15, 0.2) is 18.5 Å². The number of methoxy groups -OCH3 is 1. The molecule has 0 bridgehead atoms. The molecule has 0 N–H and O–H groups in total. The highest BCUT2D eigenvalue weighted by atomic mass is 16.6. The van der Waals surface area contributed by atoms with Crippen LogP contribution in [0.25, 0.3) is 0 Å². The monoisotopic (exact) mass is 347 g/mol. The van der Waals surface area contributed by atoms with Crippen molar-refractivity contribution in [3.63, 3.8) is 0 Å². The van der Waals surface area contributed by atoms with Crippen molar-refractivity contribution in [1.29, 1.82) is 0 Å². The van der Waals surface area contributed by atoms with Crippen LogP contribution in [0, 0.1) is 5.41 Å². The summed E-state index contributed by atoms with van der Waals surface area (Å²) in [6, 6.07) is 1.67. The molecule has 0 aliphatic carbocycles. The van der Waals surface area contributed by atoms with Crippen LogP contribution in [0.3, 0.4) is 0 Å². The summed E-state index contributed by atoms with van der Waals surface area (Å²) in [6.45, 7) is 1.84. The van der Waals surface area contributed by atoms with E-state index >= 15 is 0 Å². The summed E-state index contributed by atoms with van der Waals surface area (Å²) in [6.07, 6.45) is 5.11. The quantitative estimate of drug-likeness (QED) is 0.762. The number of amides is 1. The van der Waals surface area contributed by atoms with Crippen LogP contribution in [-0.2, 0) is 9.53 Å². The Morgan fingerprint density at radius 2 is 2.16 bits per heavy atom. The van der Waals surface area contributed by atoms with Gasteiger partial charge in [-0.1, -0.05) is 0 Å². The molecule has 2 fully saturated rings. The molecule has 1 spiro atoms. The lowest BCUT2D eigenvalue weighted by Gasteiger charge is -2.36. The van der Waals surface area contributed by atoms with Crippen molar-refractivity contribution in [2.45, 2.75) is 25.4 Å². The van der Waals surface area contributed by atoms with E-state index in [0.29, 0.717) is 37.2 Å². The molecule has 2 aliphatic heterocycles. The maximum Gasteiger partial charge on any atom is 0.312 e. The maximum atomic E-state index is 12.8. The zero-order valence-corrected chi connectivity index (χ0v) is 15.0. The fourth-order valence-corrected chi connectivity index (χ4v) is 3.78. The number of carbonyl (C=O) groups is 2. The van der Waals surface area contributed by atoms with Gasteiger partial charge in [0.2, 0.25) is 0 Å². The van der Waals surface area contributed by atoms with Crippen LogP contribution < -0.4 is 4.74 Å². The van der Waals surface area contributed by atoms with Crippen molar-refractivity contribution >= 4 is 11.9 Å². The summed E-state index contributed by atoms with van der Waals surface area (Å²) in [7, 11) is 5.48. The molecule has 7 heteroatoms. The first kappa shape index (κ1) is 17.7. The lowest BCUT2D eigenvalue weighted by atomic mass is 9.76. The first-order valence-electron chi connectivity index (χ1n) is 8.58. The third-order valence-corrected chi connectivity index (χ3v) is 5.14. The van der Waals surface area contributed by atoms with E-state index in [-0.39, 0.29) is 18.0 Å². The smallest absolute Gasteiger partial charge is 0.312 e. The fourth-order valence-electron chi connectivity index (χ4n) is 3.78. The number of rotatable bonds is 4. The first-order chi connectivity index (χ1) is 11.9. The minimum absolute atomic E-state index is 0.0509. The SMILES string of the molecule is COc1cnccc1C(=O)N1CCC2(CC1)CC(CN(C)C)OC2=O. The van der Waals surface area contributed by atoms with Gasteiger partial charge >= 0.3 is 5.97 Å². The van der Waals surface area contributed by atoms with Gasteiger partial charge in [0.1, 0.15) is 11.9 Å². The molecule has 1 unspecified atom stereocenters. The number of pyridine rings is 1. The number of nitrogens with zero attached hydrogens (tertiary/aromatic N) is 3. The highest BCUT2D eigenvalue weighted by Crippen LogP contribution is 2.43. The molecule has 7 nitrogen and oxygen atoms in total. The Hall–Kier alpha value is -2.15. The first-order valence-corrected chi connectivity index (χ1v) is 8.58. The molecule has 1 aromatic rings. The number of likely N-dealkylation sites (tertiary alicyclic amines) is 1. The molecule has 2 aliphatic rings. The van der Waals surface area contributed by atoms with Crippen LogP contribution in [0.5, 0.6) is 5.75 Å². The number of likely N-dealkylation sites (N-methyl/N-ethyl adjacent to an activating group) is 1. The zero-order valence-electron chi connectivity index (χ0n) is 15.0. The van der Waals surface area contributed by atoms with E-state index in [1.54, 1.807) is 23.4 Å². The number of aromatic nitrogens is 1. The lowest BCUT2D eigenvalue weighted by molar-refractivity contribution is -0.150. The van der Waals surface area contributed by atoms with E-state index in [1.165, 1.54) is 7.11 Å². The fraction of sp³-hybridized carbons (Fsp3) is 0.611. The molecule has 3 rings (SSSR count). The highest BCUT2D eigenvalue weighted by Gasteiger charge is 2.50. The average molecular weight is 347 g/mol. The number of hydrogen-bond donors (Lipinski definition) is 0. The number of cyclic esters (lactones) is 1. The zero-order chi connectivity index (χ0) is 18.0. The number of piperidine rings is 1. The Kier molecular flexibility index (Phi) is 4.94. The molecule has 2 saturated heterocycles. The summed E-state index contributed by atoms with van der Waals surface area (Å²) in [5.41, 5.74) is 0.0766. The minimum atomic E-state index is -0.431. The summed E-state index contributed by atoms with van der Waals surface area (Å²) in [5.74, 6) is 0.289. The van der Waals surface area contributed by atoms with E-state index in [0.717, 1.165) is 13.0 Å². The Balaban J connectivity index is 1.66. The predicted octanol–water partition coefficient (Wildman–Crippen LogP) is 1.19. The highest BCUT2D eigenvalue weighted by molar-refractivity contribution is 5.97. The molecular weight excluding hydrogens is 322 g/mol. The van der Waals surface area contributed by atoms with Crippen molar-refractivity contribution in [2.24, 2.45) is 5.41 Å². The normalized spacial score (nSPS) is 22.3. The third-order valence-electron chi connectivity index (χ3n) is 5.14. The summed E-state index contributed by atoms with van der Waals surface area (Å²) in [5, 5.41) is 0. The average Bonchev–Trinajstić information content (AvgIpc) is 2.89. The number of carbonyl (C=O) groups excluding carboxylic acids is 2. The molecule has 1 aromatic heterocycles. The van der Waals surface area contributed by atoms with Crippen molar-refractivity contribution in [3.8, 4) is 5.75 Å². The van der Waals surface area contributed by atoms with Gasteiger partial charge in [0.25, 0.3) is 5.91 Å². The number of ether oxygens (including phenoxy) is 2. The standard InChI is InChI=1S/C18H25N3O4/c1-20(2)12-13-10-18(17(23)25-13)5-8-21(9-6-18)16(22)14-4-7-19-11-15(14)24-3/h4,7,11,13H,5-6,8-10,12H2,1-3H3. The third kappa shape index (κ3) is 3.46. The Labute approximate surface area is 147 Å². The van der Waals surface area contributed by atoms with E-state index in [4.69, 9.17) is 9.47 Å². The molecule has 1 atom stereocenters. The summed E-state index contributed by atoms with van der Waals surface area (Å²) in [4.78, 5) is 33.0. The van der Waals surface area contributed by atoms with Crippen molar-refractivity contribution in [3.05, 3.63) is 24.0 Å². The molecule has 25 heavy (non-hydrogen) atoms. The van der Waals surface area contributed by atoms with E-state index < -0.39 is 5.41 Å². The van der Waals surface area contributed by atoms with Gasteiger partial charge in [-0.3, -0.25) is 14.6 Å². The Morgan fingerprint density at radius 3 is 2.80 bits per heavy atom. The van der Waals surface area contributed by atoms with Crippen LogP contribution in [0.1, 0.15) is 29.6 Å². The molecule has 0 saturated carbocycles. The van der Waals surface area contributed by atoms with Crippen LogP contribution in [0.4, 0.5) is 0 Å². The Bertz CT molecular complexity index is 653. The van der Waals surface area contributed by atoms with Gasteiger partial charge in [-0.15, -0.1) is 0 Å². The largest absolute Gasteiger partial charge is 0.494 e. The van der Waals surface area contributed by atoms with Crippen molar-refractivity contribution in [2.75, 3.05) is 40.8 Å². The van der Waals surface area contributed by atoms with Gasteiger partial charge < -0.3 is 19.3 Å². The Morgan fingerprint density at radius 1 is 1.44 bits per heavy atom. The number of esters is 1. The van der Waals surface area contributed by atoms with Crippen LogP contribution >= 0.6 is 0 Å². The van der Waals surface area contributed by atoms with Gasteiger partial charge in [-0.05, 0) is 33.0 Å². The van der Waals surface area contributed by atoms with Gasteiger partial charge in [0, 0.05) is 32.3 Å². The second kappa shape index (κ2) is 7.00. The van der Waals surface area contributed by atoms with E-state index in [2.05, 4.69) is 4.98 Å². The van der Waals surface area contributed by atoms with Crippen molar-refractivity contribution < 1.29 is 19.1 Å². The van der Waals surface area contributed by atoms with Gasteiger partial charge in [-0.25, -0.2) is 0 Å². The van der Waals surface area contributed by atoms with Crippen LogP contribution in [-0.4, -0.2) is 73.6 Å². The predicted molar refractivity (Wildman–Crippen MR) is 91.4 cm³/mol. The van der Waals surface area contributed by atoms with Gasteiger partial charge in [0.05, 0.1) is 24.3 Å². The summed E-state index contributed by atoms with van der Waals surface area (Å²) < 4.78 is 10.8. The molecule has 1 amide bonds. The molecule has 136 valence electrons. The maximum absolute atomic E-state index is 12.8. The molecule has 0 aromatic carbocycles. The van der Waals surface area contributed by atoms with E-state index in [1.807, 2.05) is 19.0 Å². The van der Waals surface area contributed by atoms with Gasteiger partial charge in [0.15, 0.2) is 0 Å². The van der Waals surface area contributed by atoms with Crippen molar-refractivity contribution in [1.82, 2.24) is 14.8 Å². The topological polar surface area (TPSA) is 72.0 Å². The minimum Gasteiger partial charge on any atom is -0.494 e. The van der Waals surface area contributed by atoms with Gasteiger partial charge in [-0.2, -0.15) is 0 Å². The van der Waals surface area contributed by atoms with Crippen LogP contribution in [0.2, 0.25) is 0 Å². The second-order valence-corrected chi connectivity index (χ2v) is 7.14. The van der Waals surface area contributed by atoms with E-state index in [9.17, 15) is 9.59 Å².